The molecule has 8 nitrogen and oxygen atoms in total. The molecule has 0 atom stereocenters. The summed E-state index contributed by atoms with van der Waals surface area (Å²) in [6, 6.07) is 12.2. The number of nitrogens with zero attached hydrogens (tertiary/aromatic N) is 1. The summed E-state index contributed by atoms with van der Waals surface area (Å²) in [7, 11) is 1.73. The van der Waals surface area contributed by atoms with Crippen LogP contribution in [0.1, 0.15) is 76.4 Å². The number of amides is 2. The first-order chi connectivity index (χ1) is 18.5. The number of primary amides is 1. The molecule has 2 amide bonds. The zero-order valence-electron chi connectivity index (χ0n) is 23.5. The van der Waals surface area contributed by atoms with Crippen LogP contribution in [-0.2, 0) is 24.1 Å². The third-order valence-corrected chi connectivity index (χ3v) is 7.27. The number of thiophene rings is 1. The number of anilines is 2. The Morgan fingerprint density at radius 3 is 2.33 bits per heavy atom. The molecule has 0 bridgehead atoms. The van der Waals surface area contributed by atoms with Crippen LogP contribution in [0.4, 0.5) is 10.7 Å². The fraction of sp³-hybridized carbons (Fsp3) is 0.333. The number of aromatic hydroxyl groups is 1. The monoisotopic (exact) mass is 550 g/mol. The maximum Gasteiger partial charge on any atom is 0.251 e. The number of phenols is 1. The standard InChI is InChI=1S/C18H22N2O3S.C12H16N2O/c1-3-6-13-14(4-2)24-18(16(13)17(19)23)20-15(22)10-11-7-5-8-12(21)9-11;1-8-5-6-11(9(2)15)7-12(8)14-10(3)13-4/h5,7-9,21H,3-4,6,10H2,1-2H3,(H2,19,23)(H,20,22);5-7H,1-4H3,(H,13,14). The number of carbonyl (C=O) groups excluding carboxylic acids is 3. The number of phenolic OH excluding ortho intramolecular Hbond substituents is 1. The minimum Gasteiger partial charge on any atom is -0.508 e. The number of ketones is 1. The van der Waals surface area contributed by atoms with Crippen molar-refractivity contribution >= 4 is 45.5 Å². The van der Waals surface area contributed by atoms with E-state index in [2.05, 4.69) is 15.6 Å². The number of hydrogen-bond acceptors (Lipinski definition) is 6. The quantitative estimate of drug-likeness (QED) is 0.149. The van der Waals surface area contributed by atoms with Crippen molar-refractivity contribution in [3.8, 4) is 5.75 Å². The number of amidine groups is 1. The molecule has 0 saturated heterocycles. The third-order valence-electron chi connectivity index (χ3n) is 5.98. The van der Waals surface area contributed by atoms with Crippen molar-refractivity contribution in [3.05, 3.63) is 75.2 Å². The lowest BCUT2D eigenvalue weighted by Gasteiger charge is -2.09. The predicted octanol–water partition coefficient (Wildman–Crippen LogP) is 5.91. The first-order valence-corrected chi connectivity index (χ1v) is 13.7. The molecule has 0 fully saturated rings. The number of rotatable bonds is 9. The van der Waals surface area contributed by atoms with Crippen molar-refractivity contribution < 1.29 is 19.5 Å². The van der Waals surface area contributed by atoms with Gasteiger partial charge in [0.2, 0.25) is 5.91 Å². The number of Topliss-reactive ketones (excluding diaryl/α,β-unsaturated/α-hetero) is 1. The lowest BCUT2D eigenvalue weighted by Crippen LogP contribution is -2.19. The van der Waals surface area contributed by atoms with Crippen LogP contribution in [0.2, 0.25) is 0 Å². The number of hydrogen-bond donors (Lipinski definition) is 4. The maximum atomic E-state index is 12.3. The van der Waals surface area contributed by atoms with Gasteiger partial charge in [0, 0.05) is 23.2 Å². The summed E-state index contributed by atoms with van der Waals surface area (Å²) in [5, 5.41) is 16.0. The van der Waals surface area contributed by atoms with Crippen LogP contribution in [0.15, 0.2) is 47.5 Å². The van der Waals surface area contributed by atoms with Crippen molar-refractivity contribution in [3.63, 3.8) is 0 Å². The molecule has 0 radical (unpaired) electrons. The van der Waals surface area contributed by atoms with Crippen LogP contribution in [0.3, 0.4) is 0 Å². The summed E-state index contributed by atoms with van der Waals surface area (Å²) in [6.07, 6.45) is 2.58. The van der Waals surface area contributed by atoms with E-state index >= 15 is 0 Å². The van der Waals surface area contributed by atoms with Gasteiger partial charge < -0.3 is 21.5 Å². The molecule has 1 heterocycles. The second kappa shape index (κ2) is 14.8. The number of nitrogens with two attached hydrogens (primary N) is 1. The van der Waals surface area contributed by atoms with Crippen LogP contribution < -0.4 is 16.4 Å². The van der Waals surface area contributed by atoms with Gasteiger partial charge in [-0.1, -0.05) is 44.5 Å². The molecule has 0 aliphatic carbocycles. The topological polar surface area (TPSA) is 134 Å². The van der Waals surface area contributed by atoms with Crippen LogP contribution in [0.5, 0.6) is 5.75 Å². The third kappa shape index (κ3) is 9.07. The first-order valence-electron chi connectivity index (χ1n) is 12.8. The Morgan fingerprint density at radius 2 is 1.77 bits per heavy atom. The summed E-state index contributed by atoms with van der Waals surface area (Å²) in [4.78, 5) is 40.5. The van der Waals surface area contributed by atoms with Crippen molar-refractivity contribution in [1.82, 2.24) is 0 Å². The van der Waals surface area contributed by atoms with Gasteiger partial charge in [0.25, 0.3) is 5.91 Å². The number of nitrogens with one attached hydrogen (secondary N) is 2. The molecule has 9 heteroatoms. The van der Waals surface area contributed by atoms with Gasteiger partial charge in [0.1, 0.15) is 10.8 Å². The molecular formula is C30H38N4O4S. The molecule has 3 rings (SSSR count). The summed E-state index contributed by atoms with van der Waals surface area (Å²) >= 11 is 1.41. The predicted molar refractivity (Wildman–Crippen MR) is 160 cm³/mol. The minimum absolute atomic E-state index is 0.0733. The number of benzene rings is 2. The average molecular weight is 551 g/mol. The van der Waals surface area contributed by atoms with Crippen LogP contribution in [-0.4, -0.2) is 35.6 Å². The maximum absolute atomic E-state index is 12.3. The van der Waals surface area contributed by atoms with E-state index in [4.69, 9.17) is 5.73 Å². The molecule has 208 valence electrons. The highest BCUT2D eigenvalue weighted by molar-refractivity contribution is 7.17. The molecular weight excluding hydrogens is 512 g/mol. The SMILES string of the molecule is CCCc1c(CC)sc(NC(=O)Cc2cccc(O)c2)c1C(N)=O.CN=C(C)Nc1cc(C(C)=O)ccc1C. The van der Waals surface area contributed by atoms with Crippen molar-refractivity contribution in [2.45, 2.75) is 60.3 Å². The van der Waals surface area contributed by atoms with Gasteiger partial charge in [-0.15, -0.1) is 11.3 Å². The summed E-state index contributed by atoms with van der Waals surface area (Å²) in [5.74, 6) is 0.271. The van der Waals surface area contributed by atoms with E-state index < -0.39 is 5.91 Å². The van der Waals surface area contributed by atoms with E-state index in [1.54, 1.807) is 38.2 Å². The normalized spacial score (nSPS) is 10.9. The largest absolute Gasteiger partial charge is 0.508 e. The highest BCUT2D eigenvalue weighted by atomic mass is 32.1. The van der Waals surface area contributed by atoms with Crippen LogP contribution in [0.25, 0.3) is 0 Å². The van der Waals surface area contributed by atoms with Crippen molar-refractivity contribution in [2.24, 2.45) is 10.7 Å². The second-order valence-corrected chi connectivity index (χ2v) is 10.2. The fourth-order valence-corrected chi connectivity index (χ4v) is 5.12. The second-order valence-electron chi connectivity index (χ2n) is 9.09. The Labute approximate surface area is 234 Å². The van der Waals surface area contributed by atoms with Gasteiger partial charge in [-0.25, -0.2) is 0 Å². The van der Waals surface area contributed by atoms with Gasteiger partial charge in [-0.2, -0.15) is 0 Å². The zero-order chi connectivity index (χ0) is 29.1. The smallest absolute Gasteiger partial charge is 0.251 e. The van der Waals surface area contributed by atoms with Crippen molar-refractivity contribution in [1.29, 1.82) is 0 Å². The average Bonchev–Trinajstić information content (AvgIpc) is 3.22. The highest BCUT2D eigenvalue weighted by Crippen LogP contribution is 2.34. The zero-order valence-corrected chi connectivity index (χ0v) is 24.3. The van der Waals surface area contributed by atoms with E-state index in [0.29, 0.717) is 21.7 Å². The molecule has 1 aromatic heterocycles. The highest BCUT2D eigenvalue weighted by Gasteiger charge is 2.22. The Balaban J connectivity index is 0.000000306. The Bertz CT molecular complexity index is 1360. The summed E-state index contributed by atoms with van der Waals surface area (Å²) in [6.45, 7) is 9.51. The van der Waals surface area contributed by atoms with E-state index in [1.165, 1.54) is 11.3 Å². The molecule has 2 aromatic carbocycles. The molecule has 0 spiro atoms. The van der Waals surface area contributed by atoms with E-state index in [0.717, 1.165) is 46.8 Å². The van der Waals surface area contributed by atoms with Gasteiger partial charge in [0.05, 0.1) is 17.8 Å². The number of aliphatic imine (C=N–C) groups is 1. The Morgan fingerprint density at radius 1 is 1.05 bits per heavy atom. The first kappa shape index (κ1) is 31.2. The molecule has 0 unspecified atom stereocenters. The molecule has 0 saturated carbocycles. The lowest BCUT2D eigenvalue weighted by molar-refractivity contribution is -0.115. The molecule has 0 aliphatic rings. The van der Waals surface area contributed by atoms with E-state index in [9.17, 15) is 19.5 Å². The minimum atomic E-state index is -0.512. The van der Waals surface area contributed by atoms with Crippen molar-refractivity contribution in [2.75, 3.05) is 17.7 Å². The lowest BCUT2D eigenvalue weighted by atomic mass is 10.0. The van der Waals surface area contributed by atoms with E-state index in [-0.39, 0.29) is 23.9 Å². The Hall–Kier alpha value is -3.98. The van der Waals surface area contributed by atoms with Gasteiger partial charge in [0.15, 0.2) is 5.78 Å². The molecule has 5 N–H and O–H groups in total. The molecule has 39 heavy (non-hydrogen) atoms. The van der Waals surface area contributed by atoms with Gasteiger partial charge in [-0.05, 0) is 68.5 Å². The number of carbonyl (C=O) groups is 3. The molecule has 3 aromatic rings. The Kier molecular flexibility index (Phi) is 11.9. The molecule has 0 aliphatic heterocycles. The van der Waals surface area contributed by atoms with Gasteiger partial charge in [-0.3, -0.25) is 19.4 Å². The van der Waals surface area contributed by atoms with Crippen LogP contribution in [0, 0.1) is 6.92 Å². The van der Waals surface area contributed by atoms with Gasteiger partial charge >= 0.3 is 0 Å². The number of aryl methyl sites for hydroxylation is 2. The fourth-order valence-electron chi connectivity index (χ4n) is 3.91. The van der Waals surface area contributed by atoms with Crippen LogP contribution >= 0.6 is 11.3 Å². The summed E-state index contributed by atoms with van der Waals surface area (Å²) < 4.78 is 0. The van der Waals surface area contributed by atoms with E-state index in [1.807, 2.05) is 45.9 Å². The summed E-state index contributed by atoms with van der Waals surface area (Å²) in [5.41, 5.74) is 10.4.